The first-order valence-corrected chi connectivity index (χ1v) is 11.5. The molecule has 3 aromatic rings. The second-order valence-corrected chi connectivity index (χ2v) is 9.18. The van der Waals surface area contributed by atoms with Crippen molar-refractivity contribution in [2.45, 2.75) is 32.0 Å². The van der Waals surface area contributed by atoms with Crippen LogP contribution in [0.3, 0.4) is 0 Å². The van der Waals surface area contributed by atoms with E-state index >= 15 is 0 Å². The zero-order chi connectivity index (χ0) is 20.2. The van der Waals surface area contributed by atoms with Crippen molar-refractivity contribution in [3.8, 4) is 0 Å². The fraction of sp³-hybridized carbons (Fsp3) is 0.364. The third-order valence-corrected chi connectivity index (χ3v) is 7.44. The van der Waals surface area contributed by atoms with Crippen LogP contribution in [0.5, 0.6) is 0 Å². The summed E-state index contributed by atoms with van der Waals surface area (Å²) in [6.45, 7) is 4.58. The highest BCUT2D eigenvalue weighted by Crippen LogP contribution is 2.24. The summed E-state index contributed by atoms with van der Waals surface area (Å²) in [6.07, 6.45) is 4.02. The fourth-order valence-corrected chi connectivity index (χ4v) is 4.54. The van der Waals surface area contributed by atoms with Gasteiger partial charge in [0.25, 0.3) is 5.56 Å². The molecule has 5 nitrogen and oxygen atoms in total. The molecule has 0 radical (unpaired) electrons. The molecule has 0 saturated carbocycles. The SMILES string of the molecule is O=c1ccc2ncccc2n1CCN1CCC(NCc2ccc(Br)c(Br)c2)CC1. The van der Waals surface area contributed by atoms with Crippen molar-refractivity contribution in [3.63, 3.8) is 0 Å². The maximum atomic E-state index is 12.3. The minimum absolute atomic E-state index is 0.0442. The molecule has 4 rings (SSSR count). The van der Waals surface area contributed by atoms with Gasteiger partial charge < -0.3 is 14.8 Å². The number of pyridine rings is 2. The van der Waals surface area contributed by atoms with Crippen LogP contribution in [0.25, 0.3) is 11.0 Å². The Morgan fingerprint density at radius 1 is 1.03 bits per heavy atom. The minimum Gasteiger partial charge on any atom is -0.310 e. The van der Waals surface area contributed by atoms with Gasteiger partial charge in [-0.1, -0.05) is 6.07 Å². The summed E-state index contributed by atoms with van der Waals surface area (Å²) in [5.41, 5.74) is 3.11. The molecule has 0 bridgehead atoms. The van der Waals surface area contributed by atoms with Crippen molar-refractivity contribution in [2.24, 2.45) is 0 Å². The molecule has 0 aliphatic carbocycles. The lowest BCUT2D eigenvalue weighted by atomic mass is 10.0. The Balaban J connectivity index is 1.28. The number of benzene rings is 1. The Hall–Kier alpha value is -1.54. The predicted octanol–water partition coefficient (Wildman–Crippen LogP) is 4.18. The molecule has 29 heavy (non-hydrogen) atoms. The van der Waals surface area contributed by atoms with Crippen LogP contribution in [0, 0.1) is 0 Å². The third-order valence-electron chi connectivity index (χ3n) is 5.56. The first kappa shape index (κ1) is 20.7. The largest absolute Gasteiger partial charge is 0.310 e. The molecule has 1 fully saturated rings. The molecule has 1 aromatic carbocycles. The van der Waals surface area contributed by atoms with Crippen molar-refractivity contribution in [1.82, 2.24) is 19.8 Å². The van der Waals surface area contributed by atoms with E-state index in [4.69, 9.17) is 0 Å². The Labute approximate surface area is 187 Å². The molecule has 152 valence electrons. The number of nitrogens with zero attached hydrogens (tertiary/aromatic N) is 3. The van der Waals surface area contributed by atoms with E-state index < -0.39 is 0 Å². The highest BCUT2D eigenvalue weighted by atomic mass is 79.9. The number of hydrogen-bond donors (Lipinski definition) is 1. The van der Waals surface area contributed by atoms with Crippen LogP contribution in [0.15, 0.2) is 62.4 Å². The van der Waals surface area contributed by atoms with Gasteiger partial charge >= 0.3 is 0 Å². The molecule has 0 spiro atoms. The molecule has 1 aliphatic rings. The van der Waals surface area contributed by atoms with Crippen LogP contribution in [0.1, 0.15) is 18.4 Å². The van der Waals surface area contributed by atoms with Crippen LogP contribution in [-0.4, -0.2) is 40.1 Å². The average Bonchev–Trinajstić information content (AvgIpc) is 2.75. The van der Waals surface area contributed by atoms with Gasteiger partial charge in [-0.2, -0.15) is 0 Å². The van der Waals surface area contributed by atoms with E-state index in [0.717, 1.165) is 59.0 Å². The normalized spacial score (nSPS) is 15.8. The van der Waals surface area contributed by atoms with E-state index in [0.29, 0.717) is 12.6 Å². The molecular weight excluding hydrogens is 496 g/mol. The number of hydrogen-bond acceptors (Lipinski definition) is 4. The van der Waals surface area contributed by atoms with Gasteiger partial charge in [0, 0.05) is 46.9 Å². The number of piperidine rings is 1. The van der Waals surface area contributed by atoms with Crippen LogP contribution < -0.4 is 10.9 Å². The van der Waals surface area contributed by atoms with E-state index in [1.807, 2.05) is 16.7 Å². The Bertz CT molecular complexity index is 1040. The minimum atomic E-state index is 0.0442. The molecule has 2 aromatic heterocycles. The van der Waals surface area contributed by atoms with Gasteiger partial charge in [-0.15, -0.1) is 0 Å². The number of fused-ring (bicyclic) bond motifs is 1. The lowest BCUT2D eigenvalue weighted by Crippen LogP contribution is -2.43. The van der Waals surface area contributed by atoms with Crippen LogP contribution in [0.2, 0.25) is 0 Å². The average molecular weight is 520 g/mol. The van der Waals surface area contributed by atoms with Gasteiger partial charge in [0.2, 0.25) is 0 Å². The summed E-state index contributed by atoms with van der Waals surface area (Å²) in [4.78, 5) is 19.1. The van der Waals surface area contributed by atoms with E-state index in [9.17, 15) is 4.79 Å². The molecule has 0 amide bonds. The second-order valence-electron chi connectivity index (χ2n) is 7.48. The maximum Gasteiger partial charge on any atom is 0.251 e. The van der Waals surface area contributed by atoms with Gasteiger partial charge in [-0.3, -0.25) is 9.78 Å². The highest BCUT2D eigenvalue weighted by molar-refractivity contribution is 9.13. The Morgan fingerprint density at radius 2 is 1.86 bits per heavy atom. The number of likely N-dealkylation sites (tertiary alicyclic amines) is 1. The van der Waals surface area contributed by atoms with Crippen molar-refractivity contribution < 1.29 is 0 Å². The first-order chi connectivity index (χ1) is 14.1. The van der Waals surface area contributed by atoms with Crippen molar-refractivity contribution in [3.05, 3.63) is 73.5 Å². The van der Waals surface area contributed by atoms with E-state index in [2.05, 4.69) is 65.3 Å². The standard InChI is InChI=1S/C22H24Br2N4O/c23-18-4-3-16(14-19(18)24)15-26-17-7-10-27(11-8-17)12-13-28-21-2-1-9-25-20(21)5-6-22(28)29/h1-6,9,14,17,26H,7-8,10-13,15H2. The molecular formula is C22H24Br2N4O. The molecule has 7 heteroatoms. The number of rotatable bonds is 6. The van der Waals surface area contributed by atoms with Gasteiger partial charge in [-0.25, -0.2) is 0 Å². The summed E-state index contributed by atoms with van der Waals surface area (Å²) in [7, 11) is 0. The summed E-state index contributed by atoms with van der Waals surface area (Å²) >= 11 is 7.08. The topological polar surface area (TPSA) is 50.2 Å². The first-order valence-electron chi connectivity index (χ1n) is 9.94. The number of halogens is 2. The second kappa shape index (κ2) is 9.51. The molecule has 0 unspecified atom stereocenters. The molecule has 1 aliphatic heterocycles. The summed E-state index contributed by atoms with van der Waals surface area (Å²) < 4.78 is 4.01. The summed E-state index contributed by atoms with van der Waals surface area (Å²) in [6, 6.07) is 14.2. The molecule has 3 heterocycles. The zero-order valence-corrected chi connectivity index (χ0v) is 19.3. The van der Waals surface area contributed by atoms with Gasteiger partial charge in [-0.05, 0) is 93.7 Å². The molecule has 0 atom stereocenters. The van der Waals surface area contributed by atoms with Crippen molar-refractivity contribution in [2.75, 3.05) is 19.6 Å². The van der Waals surface area contributed by atoms with Gasteiger partial charge in [0.1, 0.15) is 0 Å². The lowest BCUT2D eigenvalue weighted by molar-refractivity contribution is 0.191. The van der Waals surface area contributed by atoms with Crippen LogP contribution >= 0.6 is 31.9 Å². The van der Waals surface area contributed by atoms with E-state index in [-0.39, 0.29) is 5.56 Å². The third kappa shape index (κ3) is 5.15. The van der Waals surface area contributed by atoms with Crippen molar-refractivity contribution in [1.29, 1.82) is 0 Å². The van der Waals surface area contributed by atoms with Crippen molar-refractivity contribution >= 4 is 42.9 Å². The summed E-state index contributed by atoms with van der Waals surface area (Å²) in [5, 5.41) is 3.69. The summed E-state index contributed by atoms with van der Waals surface area (Å²) in [5.74, 6) is 0. The smallest absolute Gasteiger partial charge is 0.251 e. The number of nitrogens with one attached hydrogen (secondary N) is 1. The van der Waals surface area contributed by atoms with E-state index in [1.54, 1.807) is 18.3 Å². The van der Waals surface area contributed by atoms with Crippen LogP contribution in [-0.2, 0) is 13.1 Å². The quantitative estimate of drug-likeness (QED) is 0.531. The Morgan fingerprint density at radius 3 is 2.66 bits per heavy atom. The molecule has 1 saturated heterocycles. The van der Waals surface area contributed by atoms with Gasteiger partial charge in [0.05, 0.1) is 11.0 Å². The Kier molecular flexibility index (Phi) is 6.80. The van der Waals surface area contributed by atoms with Gasteiger partial charge in [0.15, 0.2) is 0 Å². The fourth-order valence-electron chi connectivity index (χ4n) is 3.87. The number of aromatic nitrogens is 2. The maximum absolute atomic E-state index is 12.3. The zero-order valence-electron chi connectivity index (χ0n) is 16.2. The highest BCUT2D eigenvalue weighted by Gasteiger charge is 2.19. The lowest BCUT2D eigenvalue weighted by Gasteiger charge is -2.32. The molecule has 1 N–H and O–H groups in total. The predicted molar refractivity (Wildman–Crippen MR) is 124 cm³/mol. The van der Waals surface area contributed by atoms with Crippen LogP contribution in [0.4, 0.5) is 0 Å². The monoisotopic (exact) mass is 518 g/mol. The van der Waals surface area contributed by atoms with E-state index in [1.165, 1.54) is 5.56 Å².